The topological polar surface area (TPSA) is 211 Å². The number of thioether (sulfide) groups is 1. The molecule has 17 nitrogen and oxygen atoms in total. The molecule has 2 aliphatic carbocycles. The first-order valence-corrected chi connectivity index (χ1v) is 26.0. The number of carbonyl (C=O) groups is 6. The Morgan fingerprint density at radius 1 is 0.985 bits per heavy atom. The van der Waals surface area contributed by atoms with Gasteiger partial charge in [0.05, 0.1) is 30.4 Å². The molecule has 5 amide bonds. The first kappa shape index (κ1) is 52.4. The standard InChI is InChI=1S/C48H65ClIN5O12S/c1-27-8-7-9-36(64-6)48(62)23-38(66-45(61)51-48)47(3)26-46(2,67-47)37(22-39(56)54(4)33-19-30(18-27)20-34(63-5)41(33)49)65-44(60)32-16-12-29(13-17-32)25-68-35-21-40(57)55(43(35)59)24-28-10-14-31(15-11-28)42(58)52-53-50/h7-9,19-20,28-29,31-32,35-38,53,62H,10-18,21-26H2,1-6H3,(H,51,61)(H,52,58)/b9-7+,27-8+/t28?,29?,31?,32?,35?,36-,37+,38+,46-,47?,48+/m1/s1. The van der Waals surface area contributed by atoms with Gasteiger partial charge in [0.2, 0.25) is 23.6 Å². The number of ether oxygens (including phenoxy) is 5. The minimum atomic E-state index is -1.85. The van der Waals surface area contributed by atoms with E-state index in [1.54, 1.807) is 39.1 Å². The fraction of sp³-hybridized carbons (Fsp3) is 0.667. The van der Waals surface area contributed by atoms with Crippen molar-refractivity contribution in [1.29, 1.82) is 0 Å². The molecule has 3 saturated heterocycles. The van der Waals surface area contributed by atoms with Gasteiger partial charge in [-0.25, -0.2) is 4.79 Å². The van der Waals surface area contributed by atoms with Crippen molar-refractivity contribution in [3.05, 3.63) is 46.5 Å². The quantitative estimate of drug-likeness (QED) is 0.0635. The number of aliphatic hydroxyl groups is 1. The summed E-state index contributed by atoms with van der Waals surface area (Å²) in [7, 11) is 4.55. The summed E-state index contributed by atoms with van der Waals surface area (Å²) >= 11 is 10.2. The zero-order valence-electron chi connectivity index (χ0n) is 39.6. The number of hydrogen-bond acceptors (Lipinski definition) is 14. The number of likely N-dealkylation sites (tertiary alicyclic amines) is 1. The summed E-state index contributed by atoms with van der Waals surface area (Å²) in [6.45, 7) is 5.86. The molecular weight excluding hydrogens is 1030 g/mol. The lowest BCUT2D eigenvalue weighted by Gasteiger charge is -2.59. The lowest BCUT2D eigenvalue weighted by molar-refractivity contribution is -0.328. The number of benzene rings is 1. The SMILES string of the molecule is COc1cc2cc(c1Cl)N(C)C(=O)C[C@H](OC(=O)C1CCC(CSC3CC(=O)N(CC4CCC(C(=O)NNI)CC4)C3=O)CC1)[C@@]1(C)CC(C)(O1)[C@@H]1C[C@@](O)(NC(=O)O1)[C@H](OC)/C=C/C=C(\C)C2. The van der Waals surface area contributed by atoms with Crippen molar-refractivity contribution in [2.45, 2.75) is 145 Å². The molecule has 0 aromatic heterocycles. The zero-order valence-corrected chi connectivity index (χ0v) is 43.3. The number of halogens is 2. The van der Waals surface area contributed by atoms with Crippen molar-refractivity contribution >= 4 is 87.6 Å². The van der Waals surface area contributed by atoms with Crippen LogP contribution in [0.25, 0.3) is 0 Å². The van der Waals surface area contributed by atoms with Gasteiger partial charge in [-0.1, -0.05) is 35.4 Å². The van der Waals surface area contributed by atoms with Crippen LogP contribution in [0, 0.1) is 23.7 Å². The molecule has 5 aliphatic heterocycles. The largest absolute Gasteiger partial charge is 0.495 e. The van der Waals surface area contributed by atoms with E-state index in [9.17, 15) is 33.9 Å². The number of nitrogens with zero attached hydrogens (tertiary/aromatic N) is 2. The molecule has 7 aliphatic rings. The van der Waals surface area contributed by atoms with Crippen LogP contribution in [-0.4, -0.2) is 120 Å². The van der Waals surface area contributed by atoms with Crippen LogP contribution in [0.15, 0.2) is 35.9 Å². The third-order valence-corrected chi connectivity index (χ3v) is 17.0. The molecule has 2 saturated carbocycles. The highest BCUT2D eigenvalue weighted by molar-refractivity contribution is 14.1. The van der Waals surface area contributed by atoms with Gasteiger partial charge in [0, 0.05) is 68.7 Å². The van der Waals surface area contributed by atoms with Crippen LogP contribution in [0.4, 0.5) is 10.5 Å². The van der Waals surface area contributed by atoms with Gasteiger partial charge in [0.1, 0.15) is 40.3 Å². The van der Waals surface area contributed by atoms with E-state index < -0.39 is 58.5 Å². The molecule has 6 bridgehead atoms. The maximum absolute atomic E-state index is 14.4. The Labute approximate surface area is 421 Å². The Hall–Kier alpha value is -3.47. The van der Waals surface area contributed by atoms with Crippen molar-refractivity contribution < 1.29 is 57.6 Å². The van der Waals surface area contributed by atoms with Crippen LogP contribution in [0.2, 0.25) is 5.02 Å². The average Bonchev–Trinajstić information content (AvgIpc) is 3.56. The van der Waals surface area contributed by atoms with Crippen molar-refractivity contribution in [3.63, 3.8) is 0 Å². The summed E-state index contributed by atoms with van der Waals surface area (Å²) in [4.78, 5) is 83.2. The van der Waals surface area contributed by atoms with E-state index in [1.807, 2.05) is 41.9 Å². The van der Waals surface area contributed by atoms with Gasteiger partial charge in [0.15, 0.2) is 5.72 Å². The highest BCUT2D eigenvalue weighted by atomic mass is 127. The van der Waals surface area contributed by atoms with Gasteiger partial charge < -0.3 is 33.7 Å². The number of nitrogens with one attached hydrogen (secondary N) is 3. The van der Waals surface area contributed by atoms with Crippen LogP contribution in [0.5, 0.6) is 5.75 Å². The number of methoxy groups -OCH3 is 2. The van der Waals surface area contributed by atoms with Gasteiger partial charge in [-0.3, -0.25) is 39.6 Å². The van der Waals surface area contributed by atoms with Gasteiger partial charge in [-0.2, -0.15) is 3.64 Å². The summed E-state index contributed by atoms with van der Waals surface area (Å²) in [5.74, 6) is -0.192. The summed E-state index contributed by atoms with van der Waals surface area (Å²) in [6.07, 6.45) is 7.54. The summed E-state index contributed by atoms with van der Waals surface area (Å²) in [5.41, 5.74) is 0.621. The average molecular weight is 1100 g/mol. The fourth-order valence-electron chi connectivity index (χ4n) is 10.9. The molecule has 1 aromatic carbocycles. The molecule has 68 heavy (non-hydrogen) atoms. The molecule has 20 heteroatoms. The number of alkyl carbamates (subject to hydrolysis) is 1. The molecule has 8 rings (SSSR count). The van der Waals surface area contributed by atoms with Gasteiger partial charge in [-0.05, 0) is 114 Å². The lowest BCUT2D eigenvalue weighted by atomic mass is 9.72. The van der Waals surface area contributed by atoms with Crippen molar-refractivity contribution in [2.24, 2.45) is 23.7 Å². The second kappa shape index (κ2) is 21.9. The highest BCUT2D eigenvalue weighted by Gasteiger charge is 2.63. The fourth-order valence-corrected chi connectivity index (χ4v) is 12.9. The Morgan fingerprint density at radius 2 is 1.66 bits per heavy atom. The van der Waals surface area contributed by atoms with E-state index in [-0.39, 0.29) is 72.1 Å². The summed E-state index contributed by atoms with van der Waals surface area (Å²) < 4.78 is 32.7. The number of allylic oxidation sites excluding steroid dienone is 3. The number of carbonyl (C=O) groups excluding carboxylic acids is 6. The Balaban J connectivity index is 1.01. The van der Waals surface area contributed by atoms with E-state index >= 15 is 0 Å². The molecule has 0 spiro atoms. The normalized spacial score (nSPS) is 35.9. The molecule has 7 atom stereocenters. The molecule has 374 valence electrons. The predicted octanol–water partition coefficient (Wildman–Crippen LogP) is 6.26. The second-order valence-corrected chi connectivity index (χ2v) is 22.0. The number of fused-ring (bicyclic) bond motifs is 6. The zero-order chi connectivity index (χ0) is 49.1. The number of anilines is 1. The Bertz CT molecular complexity index is 2160. The van der Waals surface area contributed by atoms with E-state index in [2.05, 4.69) is 14.4 Å². The monoisotopic (exact) mass is 1100 g/mol. The highest BCUT2D eigenvalue weighted by Crippen LogP contribution is 2.51. The lowest BCUT2D eigenvalue weighted by Crippen LogP contribution is -2.72. The molecule has 5 fully saturated rings. The molecule has 5 heterocycles. The maximum Gasteiger partial charge on any atom is 0.409 e. The maximum atomic E-state index is 14.4. The van der Waals surface area contributed by atoms with Crippen LogP contribution < -0.4 is 24.0 Å². The summed E-state index contributed by atoms with van der Waals surface area (Å²) in [6, 6.07) is 3.63. The van der Waals surface area contributed by atoms with Crippen molar-refractivity contribution in [3.8, 4) is 5.75 Å². The number of amides is 5. The van der Waals surface area contributed by atoms with Crippen LogP contribution in [0.1, 0.15) is 103 Å². The first-order valence-electron chi connectivity index (χ1n) is 23.5. The van der Waals surface area contributed by atoms with E-state index in [4.69, 9.17) is 35.3 Å². The van der Waals surface area contributed by atoms with Crippen LogP contribution in [0.3, 0.4) is 0 Å². The molecular formula is C48H65ClIN5O12S. The summed E-state index contributed by atoms with van der Waals surface area (Å²) in [5, 5.41) is 14.2. The van der Waals surface area contributed by atoms with Crippen LogP contribution >= 0.6 is 46.2 Å². The first-order chi connectivity index (χ1) is 32.3. The molecule has 0 radical (unpaired) electrons. The van der Waals surface area contributed by atoms with E-state index in [0.29, 0.717) is 43.0 Å². The molecule has 4 N–H and O–H groups in total. The third-order valence-electron chi connectivity index (χ3n) is 14.9. The third kappa shape index (κ3) is 11.7. The molecule has 1 aromatic rings. The van der Waals surface area contributed by atoms with Gasteiger partial charge >= 0.3 is 12.1 Å². The Morgan fingerprint density at radius 3 is 2.32 bits per heavy atom. The van der Waals surface area contributed by atoms with Gasteiger partial charge in [0.25, 0.3) is 0 Å². The predicted molar refractivity (Wildman–Crippen MR) is 263 cm³/mol. The number of hydrazine groups is 1. The number of hydrogen-bond donors (Lipinski definition) is 4. The minimum absolute atomic E-state index is 0.0339. The van der Waals surface area contributed by atoms with Crippen molar-refractivity contribution in [2.75, 3.05) is 38.5 Å². The van der Waals surface area contributed by atoms with E-state index in [0.717, 1.165) is 49.7 Å². The van der Waals surface area contributed by atoms with Crippen molar-refractivity contribution in [1.82, 2.24) is 19.3 Å². The van der Waals surface area contributed by atoms with Crippen LogP contribution in [-0.2, 0) is 49.3 Å². The number of imide groups is 1. The van der Waals surface area contributed by atoms with E-state index in [1.165, 1.54) is 35.8 Å². The smallest absolute Gasteiger partial charge is 0.409 e. The number of rotatable bonds is 11. The number of esters is 1. The van der Waals surface area contributed by atoms with Gasteiger partial charge in [-0.15, -0.1) is 11.8 Å². The molecule has 2 unspecified atom stereocenters. The minimum Gasteiger partial charge on any atom is -0.495 e. The second-order valence-electron chi connectivity index (χ2n) is 19.9. The Kier molecular flexibility index (Phi) is 16.9.